The molecule has 1 heterocycles. The molecule has 0 atom stereocenters. The molecule has 0 spiro atoms. The van der Waals surface area contributed by atoms with Crippen molar-refractivity contribution in [2.45, 2.75) is 0 Å². The summed E-state index contributed by atoms with van der Waals surface area (Å²) in [7, 11) is 0. The molecule has 0 unspecified atom stereocenters. The lowest BCUT2D eigenvalue weighted by molar-refractivity contribution is -0.104. The second kappa shape index (κ2) is 4.41. The van der Waals surface area contributed by atoms with Gasteiger partial charge in [-0.05, 0) is 29.8 Å². The maximum absolute atomic E-state index is 10.4. The predicted molar refractivity (Wildman–Crippen MR) is 74.3 cm³/mol. The Kier molecular flexibility index (Phi) is 2.61. The normalized spacial score (nSPS) is 11.3. The van der Waals surface area contributed by atoms with Crippen molar-refractivity contribution in [3.63, 3.8) is 0 Å². The van der Waals surface area contributed by atoms with Crippen molar-refractivity contribution < 1.29 is 4.79 Å². The van der Waals surface area contributed by atoms with Crippen LogP contribution >= 0.6 is 0 Å². The first kappa shape index (κ1) is 10.7. The van der Waals surface area contributed by atoms with Crippen molar-refractivity contribution >= 4 is 34.2 Å². The first-order valence-electron chi connectivity index (χ1n) is 5.79. The summed E-state index contributed by atoms with van der Waals surface area (Å²) in [6.07, 6.45) is 4.10. The van der Waals surface area contributed by atoms with Crippen LogP contribution < -0.4 is 0 Å². The van der Waals surface area contributed by atoms with Crippen LogP contribution in [-0.2, 0) is 4.79 Å². The largest absolute Gasteiger partial charge is 0.299 e. The van der Waals surface area contributed by atoms with E-state index < -0.39 is 0 Å². The smallest absolute Gasteiger partial charge is 0.142 e. The van der Waals surface area contributed by atoms with Crippen molar-refractivity contribution in [2.24, 2.45) is 0 Å². The summed E-state index contributed by atoms with van der Waals surface area (Å²) in [6.45, 7) is 0. The Balaban J connectivity index is 2.35. The highest BCUT2D eigenvalue weighted by Crippen LogP contribution is 2.23. The fourth-order valence-electron chi connectivity index (χ4n) is 2.11. The topological polar surface area (TPSA) is 30.0 Å². The van der Waals surface area contributed by atoms with E-state index in [1.54, 1.807) is 0 Å². The third-order valence-corrected chi connectivity index (χ3v) is 2.95. The number of carbonyl (C=O) groups excluding carboxylic acids is 1. The summed E-state index contributed by atoms with van der Waals surface area (Å²) in [5.74, 6) is 0. The molecule has 86 valence electrons. The number of benzene rings is 2. The van der Waals surface area contributed by atoms with Gasteiger partial charge in [0.05, 0.1) is 11.0 Å². The Morgan fingerprint density at radius 1 is 0.944 bits per heavy atom. The minimum atomic E-state index is 0.785. The van der Waals surface area contributed by atoms with Crippen LogP contribution in [0, 0.1) is 0 Å². The lowest BCUT2D eigenvalue weighted by atomic mass is 10.1. The Labute approximate surface area is 105 Å². The molecule has 2 aromatic carbocycles. The monoisotopic (exact) mass is 233 g/mol. The molecule has 0 amide bonds. The molecule has 0 saturated heterocycles. The Bertz CT molecular complexity index is 759. The van der Waals surface area contributed by atoms with Gasteiger partial charge in [0, 0.05) is 10.8 Å². The van der Waals surface area contributed by atoms with Gasteiger partial charge in [0.1, 0.15) is 6.29 Å². The van der Waals surface area contributed by atoms with Crippen LogP contribution in [-0.4, -0.2) is 11.3 Å². The van der Waals surface area contributed by atoms with Crippen LogP contribution in [0.5, 0.6) is 0 Å². The van der Waals surface area contributed by atoms with E-state index in [-0.39, 0.29) is 0 Å². The van der Waals surface area contributed by atoms with E-state index in [9.17, 15) is 4.79 Å². The molecule has 0 radical (unpaired) electrons. The number of rotatable bonds is 2. The van der Waals surface area contributed by atoms with Gasteiger partial charge in [-0.15, -0.1) is 0 Å². The summed E-state index contributed by atoms with van der Waals surface area (Å²) in [4.78, 5) is 15.0. The molecule has 2 heteroatoms. The highest BCUT2D eigenvalue weighted by atomic mass is 16.1. The summed E-state index contributed by atoms with van der Waals surface area (Å²) < 4.78 is 0. The molecular formula is C16H11NO. The van der Waals surface area contributed by atoms with Gasteiger partial charge < -0.3 is 0 Å². The summed E-state index contributed by atoms with van der Waals surface area (Å²) >= 11 is 0. The number of pyridine rings is 1. The zero-order valence-electron chi connectivity index (χ0n) is 9.71. The quantitative estimate of drug-likeness (QED) is 0.384. The minimum absolute atomic E-state index is 0.785. The van der Waals surface area contributed by atoms with E-state index in [2.05, 4.69) is 11.1 Å². The fourth-order valence-corrected chi connectivity index (χ4v) is 2.11. The predicted octanol–water partition coefficient (Wildman–Crippen LogP) is 3.60. The van der Waals surface area contributed by atoms with Crippen molar-refractivity contribution in [1.29, 1.82) is 0 Å². The maximum Gasteiger partial charge on any atom is 0.142 e. The van der Waals surface area contributed by atoms with Crippen molar-refractivity contribution in [1.82, 2.24) is 4.98 Å². The number of para-hydroxylation sites is 1. The van der Waals surface area contributed by atoms with Crippen molar-refractivity contribution in [3.05, 3.63) is 60.2 Å². The van der Waals surface area contributed by atoms with E-state index in [1.807, 2.05) is 48.5 Å². The Hall–Kier alpha value is -2.48. The van der Waals surface area contributed by atoms with Crippen LogP contribution in [0.4, 0.5) is 0 Å². The van der Waals surface area contributed by atoms with E-state index >= 15 is 0 Å². The van der Waals surface area contributed by atoms with Gasteiger partial charge >= 0.3 is 0 Å². The number of allylic oxidation sites excluding steroid dienone is 1. The lowest BCUT2D eigenvalue weighted by Crippen LogP contribution is -1.84. The molecule has 0 fully saturated rings. The lowest BCUT2D eigenvalue weighted by Gasteiger charge is -2.04. The zero-order valence-corrected chi connectivity index (χ0v) is 9.71. The van der Waals surface area contributed by atoms with Gasteiger partial charge in [-0.2, -0.15) is 0 Å². The van der Waals surface area contributed by atoms with Crippen LogP contribution in [0.1, 0.15) is 5.56 Å². The highest BCUT2D eigenvalue weighted by Gasteiger charge is 2.01. The van der Waals surface area contributed by atoms with Gasteiger partial charge in [-0.3, -0.25) is 4.79 Å². The van der Waals surface area contributed by atoms with Crippen molar-refractivity contribution in [3.8, 4) is 0 Å². The number of nitrogens with zero attached hydrogens (tertiary/aromatic N) is 1. The fraction of sp³-hybridized carbons (Fsp3) is 0. The van der Waals surface area contributed by atoms with E-state index in [0.29, 0.717) is 0 Å². The average molecular weight is 233 g/mol. The summed E-state index contributed by atoms with van der Waals surface area (Å²) in [6, 6.07) is 16.1. The molecule has 3 rings (SSSR count). The van der Waals surface area contributed by atoms with Gasteiger partial charge in [-0.1, -0.05) is 36.4 Å². The maximum atomic E-state index is 10.4. The molecule has 0 aliphatic rings. The first-order chi connectivity index (χ1) is 8.88. The Morgan fingerprint density at radius 2 is 1.78 bits per heavy atom. The number of carbonyl (C=O) groups is 1. The van der Waals surface area contributed by atoms with Crippen molar-refractivity contribution in [2.75, 3.05) is 0 Å². The van der Waals surface area contributed by atoms with Gasteiger partial charge in [0.25, 0.3) is 0 Å². The van der Waals surface area contributed by atoms with Crippen LogP contribution in [0.3, 0.4) is 0 Å². The molecule has 3 aromatic rings. The number of fused-ring (bicyclic) bond motifs is 2. The molecule has 2 nitrogen and oxygen atoms in total. The van der Waals surface area contributed by atoms with E-state index in [1.165, 1.54) is 6.08 Å². The van der Waals surface area contributed by atoms with Crippen LogP contribution in [0.2, 0.25) is 0 Å². The second-order valence-corrected chi connectivity index (χ2v) is 4.09. The molecule has 18 heavy (non-hydrogen) atoms. The number of aldehydes is 1. The molecule has 0 saturated carbocycles. The molecular weight excluding hydrogens is 222 g/mol. The highest BCUT2D eigenvalue weighted by molar-refractivity contribution is 5.97. The van der Waals surface area contributed by atoms with E-state index in [4.69, 9.17) is 0 Å². The van der Waals surface area contributed by atoms with Crippen LogP contribution in [0.25, 0.3) is 27.9 Å². The Morgan fingerprint density at radius 3 is 2.67 bits per heavy atom. The third-order valence-electron chi connectivity index (χ3n) is 2.95. The molecule has 0 aliphatic carbocycles. The average Bonchev–Trinajstić information content (AvgIpc) is 2.43. The third kappa shape index (κ3) is 1.78. The zero-order chi connectivity index (χ0) is 12.4. The standard InChI is InChI=1S/C16H11NO/c18-10-4-7-12-6-3-9-16-14(12)11-13-5-1-2-8-15(13)17-16/h1-11H. The molecule has 0 aliphatic heterocycles. The summed E-state index contributed by atoms with van der Waals surface area (Å²) in [5, 5.41) is 2.17. The van der Waals surface area contributed by atoms with Crippen LogP contribution in [0.15, 0.2) is 54.6 Å². The number of aromatic nitrogens is 1. The van der Waals surface area contributed by atoms with E-state index in [0.717, 1.165) is 33.7 Å². The van der Waals surface area contributed by atoms with Gasteiger partial charge in [0.2, 0.25) is 0 Å². The molecule has 0 N–H and O–H groups in total. The second-order valence-electron chi connectivity index (χ2n) is 4.09. The molecule has 1 aromatic heterocycles. The minimum Gasteiger partial charge on any atom is -0.299 e. The number of hydrogen-bond donors (Lipinski definition) is 0. The SMILES string of the molecule is O=CC=Cc1cccc2nc3ccccc3cc12. The van der Waals surface area contributed by atoms with Gasteiger partial charge in [-0.25, -0.2) is 4.98 Å². The first-order valence-corrected chi connectivity index (χ1v) is 5.79. The summed E-state index contributed by atoms with van der Waals surface area (Å²) in [5.41, 5.74) is 2.95. The molecule has 0 bridgehead atoms. The van der Waals surface area contributed by atoms with Gasteiger partial charge in [0.15, 0.2) is 0 Å². The number of hydrogen-bond acceptors (Lipinski definition) is 2.